The van der Waals surface area contributed by atoms with Crippen molar-refractivity contribution in [2.75, 3.05) is 0 Å². The molecule has 1 rings (SSSR count). The number of hydrogen-bond acceptors (Lipinski definition) is 3. The fourth-order valence-electron chi connectivity index (χ4n) is 1.06. The van der Waals surface area contributed by atoms with E-state index in [2.05, 4.69) is 15.3 Å². The standard InChI is InChI=1S/C8H11N3O3.H2O/c1-5(12)11-7(8(13)14)2-6-3-9-4-10-6;/h3-4,7H,2H2,1H3,(H,9,10)(H,11,12)(H,13,14);1H2/t7-;/m1./s1. The first kappa shape index (κ1) is 13.1. The fraction of sp³-hybridized carbons (Fsp3) is 0.375. The molecule has 7 nitrogen and oxygen atoms in total. The summed E-state index contributed by atoms with van der Waals surface area (Å²) in [4.78, 5) is 27.9. The molecule has 7 heteroatoms. The Labute approximate surface area is 85.8 Å². The molecule has 0 aliphatic heterocycles. The number of aromatic amines is 1. The molecule has 0 fully saturated rings. The highest BCUT2D eigenvalue weighted by atomic mass is 16.4. The quantitative estimate of drug-likeness (QED) is 0.577. The zero-order chi connectivity index (χ0) is 10.6. The summed E-state index contributed by atoms with van der Waals surface area (Å²) in [5, 5.41) is 11.1. The molecule has 0 unspecified atom stereocenters. The summed E-state index contributed by atoms with van der Waals surface area (Å²) in [6, 6.07) is -0.909. The van der Waals surface area contributed by atoms with Gasteiger partial charge >= 0.3 is 5.97 Å². The molecule has 0 spiro atoms. The molecule has 1 atom stereocenters. The van der Waals surface area contributed by atoms with E-state index < -0.39 is 12.0 Å². The van der Waals surface area contributed by atoms with Gasteiger partial charge in [-0.25, -0.2) is 9.78 Å². The lowest BCUT2D eigenvalue weighted by Crippen LogP contribution is -2.41. The van der Waals surface area contributed by atoms with Crippen molar-refractivity contribution < 1.29 is 20.2 Å². The zero-order valence-electron chi connectivity index (χ0n) is 8.15. The lowest BCUT2D eigenvalue weighted by atomic mass is 10.1. The summed E-state index contributed by atoms with van der Waals surface area (Å²) >= 11 is 0. The number of rotatable bonds is 4. The van der Waals surface area contributed by atoms with Crippen LogP contribution in [0.15, 0.2) is 12.5 Å². The van der Waals surface area contributed by atoms with E-state index in [4.69, 9.17) is 5.11 Å². The predicted octanol–water partition coefficient (Wildman–Crippen LogP) is -1.28. The summed E-state index contributed by atoms with van der Waals surface area (Å²) < 4.78 is 0. The average Bonchev–Trinajstić information content (AvgIpc) is 2.54. The first-order chi connectivity index (χ1) is 6.59. The number of amides is 1. The summed E-state index contributed by atoms with van der Waals surface area (Å²) in [5.41, 5.74) is 0.672. The van der Waals surface area contributed by atoms with Crippen LogP contribution in [0.25, 0.3) is 0 Å². The molecule has 1 amide bonds. The van der Waals surface area contributed by atoms with Gasteiger partial charge in [-0.15, -0.1) is 0 Å². The number of nitrogens with zero attached hydrogens (tertiary/aromatic N) is 1. The maximum absolute atomic E-state index is 10.7. The minimum Gasteiger partial charge on any atom is -0.480 e. The van der Waals surface area contributed by atoms with Crippen LogP contribution in [0.5, 0.6) is 0 Å². The third-order valence-corrected chi connectivity index (χ3v) is 1.65. The molecule has 0 saturated heterocycles. The number of imidazole rings is 1. The van der Waals surface area contributed by atoms with Crippen molar-refractivity contribution in [3.05, 3.63) is 18.2 Å². The zero-order valence-corrected chi connectivity index (χ0v) is 8.15. The van der Waals surface area contributed by atoms with E-state index in [0.717, 1.165) is 0 Å². The molecule has 0 aromatic carbocycles. The molecule has 0 saturated carbocycles. The van der Waals surface area contributed by atoms with Crippen molar-refractivity contribution in [1.29, 1.82) is 0 Å². The van der Waals surface area contributed by atoms with Crippen LogP contribution in [0.1, 0.15) is 12.6 Å². The summed E-state index contributed by atoms with van der Waals surface area (Å²) in [6.45, 7) is 1.28. The molecule has 0 aliphatic rings. The molecule has 15 heavy (non-hydrogen) atoms. The Bertz CT molecular complexity index is 323. The van der Waals surface area contributed by atoms with Crippen LogP contribution >= 0.6 is 0 Å². The number of carbonyl (C=O) groups excluding carboxylic acids is 1. The molecule has 0 radical (unpaired) electrons. The van der Waals surface area contributed by atoms with Gasteiger partial charge in [0.2, 0.25) is 5.91 Å². The van der Waals surface area contributed by atoms with Crippen LogP contribution in [0.4, 0.5) is 0 Å². The van der Waals surface area contributed by atoms with Crippen LogP contribution < -0.4 is 5.32 Å². The molecular weight excluding hydrogens is 202 g/mol. The number of carbonyl (C=O) groups is 2. The number of aliphatic carboxylic acids is 1. The highest BCUT2D eigenvalue weighted by Gasteiger charge is 2.18. The van der Waals surface area contributed by atoms with E-state index in [1.807, 2.05) is 0 Å². The first-order valence-electron chi connectivity index (χ1n) is 4.06. The van der Waals surface area contributed by atoms with Crippen molar-refractivity contribution in [2.45, 2.75) is 19.4 Å². The van der Waals surface area contributed by atoms with Gasteiger partial charge < -0.3 is 20.9 Å². The minimum absolute atomic E-state index is 0. The van der Waals surface area contributed by atoms with Gasteiger partial charge in [0, 0.05) is 25.2 Å². The lowest BCUT2D eigenvalue weighted by molar-refractivity contribution is -0.141. The molecular formula is C8H13N3O4. The smallest absolute Gasteiger partial charge is 0.326 e. The van der Waals surface area contributed by atoms with Gasteiger partial charge in [-0.1, -0.05) is 0 Å². The SMILES string of the molecule is CC(=O)N[C@H](Cc1cnc[nH]1)C(=O)O.O. The molecule has 1 aromatic heterocycles. The van der Waals surface area contributed by atoms with Crippen molar-refractivity contribution >= 4 is 11.9 Å². The third-order valence-electron chi connectivity index (χ3n) is 1.65. The maximum Gasteiger partial charge on any atom is 0.326 e. The number of nitrogens with one attached hydrogen (secondary N) is 2. The van der Waals surface area contributed by atoms with Gasteiger partial charge in [-0.2, -0.15) is 0 Å². The highest BCUT2D eigenvalue weighted by molar-refractivity contribution is 5.82. The summed E-state index contributed by atoms with van der Waals surface area (Å²) in [5.74, 6) is -1.42. The topological polar surface area (TPSA) is 127 Å². The van der Waals surface area contributed by atoms with Gasteiger partial charge in [-0.3, -0.25) is 4.79 Å². The molecule has 1 heterocycles. The van der Waals surface area contributed by atoms with E-state index in [9.17, 15) is 9.59 Å². The van der Waals surface area contributed by atoms with Crippen molar-refractivity contribution in [3.8, 4) is 0 Å². The second-order valence-corrected chi connectivity index (χ2v) is 2.87. The highest BCUT2D eigenvalue weighted by Crippen LogP contribution is 1.98. The average molecular weight is 215 g/mol. The molecule has 0 bridgehead atoms. The number of hydrogen-bond donors (Lipinski definition) is 3. The number of aromatic nitrogens is 2. The monoisotopic (exact) mass is 215 g/mol. The largest absolute Gasteiger partial charge is 0.480 e. The van der Waals surface area contributed by atoms with Crippen LogP contribution in [0, 0.1) is 0 Å². The van der Waals surface area contributed by atoms with Gasteiger partial charge in [0.15, 0.2) is 0 Å². The van der Waals surface area contributed by atoms with Crippen molar-refractivity contribution in [2.24, 2.45) is 0 Å². The second kappa shape index (κ2) is 5.76. The Morgan fingerprint density at radius 1 is 1.67 bits per heavy atom. The number of H-pyrrole nitrogens is 1. The molecule has 84 valence electrons. The number of carboxylic acids is 1. The Balaban J connectivity index is 0.00000196. The summed E-state index contributed by atoms with van der Waals surface area (Å²) in [7, 11) is 0. The third kappa shape index (κ3) is 4.23. The Hall–Kier alpha value is -1.89. The lowest BCUT2D eigenvalue weighted by Gasteiger charge is -2.11. The van der Waals surface area contributed by atoms with Crippen LogP contribution in [0.3, 0.4) is 0 Å². The fourth-order valence-corrected chi connectivity index (χ4v) is 1.06. The normalized spacial score (nSPS) is 11.3. The van der Waals surface area contributed by atoms with Crippen LogP contribution in [-0.4, -0.2) is 38.5 Å². The Morgan fingerprint density at radius 2 is 2.33 bits per heavy atom. The minimum atomic E-state index is -1.06. The second-order valence-electron chi connectivity index (χ2n) is 2.87. The molecule has 0 aliphatic carbocycles. The van der Waals surface area contributed by atoms with Gasteiger partial charge in [0.25, 0.3) is 0 Å². The van der Waals surface area contributed by atoms with Crippen LogP contribution in [-0.2, 0) is 16.0 Å². The van der Waals surface area contributed by atoms with E-state index >= 15 is 0 Å². The van der Waals surface area contributed by atoms with E-state index in [1.54, 1.807) is 0 Å². The summed E-state index contributed by atoms with van der Waals surface area (Å²) in [6.07, 6.45) is 3.19. The Morgan fingerprint density at radius 3 is 2.73 bits per heavy atom. The first-order valence-corrected chi connectivity index (χ1v) is 4.06. The van der Waals surface area contributed by atoms with Gasteiger partial charge in [-0.05, 0) is 0 Å². The van der Waals surface area contributed by atoms with E-state index in [-0.39, 0.29) is 17.8 Å². The van der Waals surface area contributed by atoms with Crippen molar-refractivity contribution in [3.63, 3.8) is 0 Å². The van der Waals surface area contributed by atoms with Crippen molar-refractivity contribution in [1.82, 2.24) is 15.3 Å². The Kier molecular flexibility index (Phi) is 5.03. The predicted molar refractivity (Wildman–Crippen MR) is 51.1 cm³/mol. The van der Waals surface area contributed by atoms with E-state index in [0.29, 0.717) is 5.69 Å². The van der Waals surface area contributed by atoms with Crippen LogP contribution in [0.2, 0.25) is 0 Å². The molecule has 1 aromatic rings. The molecule has 5 N–H and O–H groups in total. The maximum atomic E-state index is 10.7. The van der Waals surface area contributed by atoms with E-state index in [1.165, 1.54) is 19.4 Å². The van der Waals surface area contributed by atoms with Gasteiger partial charge in [0.1, 0.15) is 6.04 Å². The number of carboxylic acid groups (broad SMARTS) is 1. The van der Waals surface area contributed by atoms with Gasteiger partial charge in [0.05, 0.1) is 6.33 Å².